The summed E-state index contributed by atoms with van der Waals surface area (Å²) in [6.45, 7) is 5.84. The van der Waals surface area contributed by atoms with Crippen LogP contribution in [0.2, 0.25) is 0 Å². The predicted octanol–water partition coefficient (Wildman–Crippen LogP) is 1.34. The fourth-order valence-corrected chi connectivity index (χ4v) is 1.41. The molecule has 0 aliphatic rings. The summed E-state index contributed by atoms with van der Waals surface area (Å²) >= 11 is 0. The minimum absolute atomic E-state index is 0.0438. The highest BCUT2D eigenvalue weighted by atomic mass is 16.4. The van der Waals surface area contributed by atoms with Gasteiger partial charge in [0.05, 0.1) is 0 Å². The van der Waals surface area contributed by atoms with Gasteiger partial charge in [-0.25, -0.2) is 9.97 Å². The van der Waals surface area contributed by atoms with Gasteiger partial charge in [0.1, 0.15) is 18.7 Å². The molecule has 1 N–H and O–H groups in total. The zero-order chi connectivity index (χ0) is 12.1. The fraction of sp³-hybridized carbons (Fsp3) is 0.545. The van der Waals surface area contributed by atoms with E-state index in [0.29, 0.717) is 5.82 Å². The van der Waals surface area contributed by atoms with E-state index in [9.17, 15) is 4.79 Å². The van der Waals surface area contributed by atoms with Crippen LogP contribution < -0.4 is 4.90 Å². The van der Waals surface area contributed by atoms with Crippen molar-refractivity contribution in [2.45, 2.75) is 33.2 Å². The zero-order valence-corrected chi connectivity index (χ0v) is 9.84. The highest BCUT2D eigenvalue weighted by Crippen LogP contribution is 2.14. The summed E-state index contributed by atoms with van der Waals surface area (Å²) in [6.07, 6.45) is 2.29. The van der Waals surface area contributed by atoms with Crippen molar-refractivity contribution in [3.63, 3.8) is 0 Å². The molecule has 1 rings (SSSR count). The van der Waals surface area contributed by atoms with E-state index in [4.69, 9.17) is 5.11 Å². The molecule has 5 heteroatoms. The zero-order valence-electron chi connectivity index (χ0n) is 9.84. The van der Waals surface area contributed by atoms with Crippen LogP contribution in [0.4, 0.5) is 5.82 Å². The molecule has 0 aromatic carbocycles. The molecule has 0 bridgehead atoms. The van der Waals surface area contributed by atoms with Crippen molar-refractivity contribution in [2.24, 2.45) is 0 Å². The monoisotopic (exact) mass is 223 g/mol. The van der Waals surface area contributed by atoms with Gasteiger partial charge < -0.3 is 10.0 Å². The van der Waals surface area contributed by atoms with Crippen molar-refractivity contribution in [3.05, 3.63) is 18.1 Å². The molecule has 0 aliphatic carbocycles. The molecule has 0 spiro atoms. The minimum Gasteiger partial charge on any atom is -0.480 e. The van der Waals surface area contributed by atoms with Gasteiger partial charge in [0.25, 0.3) is 0 Å². The molecule has 0 unspecified atom stereocenters. The van der Waals surface area contributed by atoms with Crippen molar-refractivity contribution in [1.82, 2.24) is 9.97 Å². The van der Waals surface area contributed by atoms with Crippen LogP contribution in [-0.2, 0) is 11.2 Å². The lowest BCUT2D eigenvalue weighted by Gasteiger charge is -2.25. The Kier molecular flexibility index (Phi) is 4.22. The lowest BCUT2D eigenvalue weighted by molar-refractivity contribution is -0.135. The molecule has 1 heterocycles. The molecule has 0 saturated heterocycles. The van der Waals surface area contributed by atoms with E-state index in [1.54, 1.807) is 4.90 Å². The molecule has 1 aromatic rings. The van der Waals surface area contributed by atoms with Crippen molar-refractivity contribution >= 4 is 11.8 Å². The van der Waals surface area contributed by atoms with Gasteiger partial charge in [-0.15, -0.1) is 0 Å². The molecule has 0 fully saturated rings. The van der Waals surface area contributed by atoms with Crippen LogP contribution in [-0.4, -0.2) is 33.6 Å². The number of carboxylic acid groups (broad SMARTS) is 1. The normalized spacial score (nSPS) is 10.5. The quantitative estimate of drug-likeness (QED) is 0.816. The average molecular weight is 223 g/mol. The Morgan fingerprint density at radius 2 is 2.19 bits per heavy atom. The number of carbonyl (C=O) groups is 1. The number of nitrogens with zero attached hydrogens (tertiary/aromatic N) is 3. The molecule has 88 valence electrons. The molecule has 0 radical (unpaired) electrons. The number of hydrogen-bond acceptors (Lipinski definition) is 4. The first-order valence-electron chi connectivity index (χ1n) is 5.34. The predicted molar refractivity (Wildman–Crippen MR) is 61.5 cm³/mol. The maximum Gasteiger partial charge on any atom is 0.323 e. The molecular weight excluding hydrogens is 206 g/mol. The highest BCUT2D eigenvalue weighted by Gasteiger charge is 2.15. The Morgan fingerprint density at radius 1 is 1.50 bits per heavy atom. The third-order valence-corrected chi connectivity index (χ3v) is 2.29. The van der Waals surface area contributed by atoms with E-state index in [0.717, 1.165) is 12.1 Å². The first kappa shape index (κ1) is 12.4. The second-order valence-electron chi connectivity index (χ2n) is 3.84. The van der Waals surface area contributed by atoms with Gasteiger partial charge in [0.2, 0.25) is 0 Å². The van der Waals surface area contributed by atoms with Gasteiger partial charge >= 0.3 is 5.97 Å². The first-order chi connectivity index (χ1) is 7.54. The number of aliphatic carboxylic acids is 1. The van der Waals surface area contributed by atoms with Gasteiger partial charge in [0.15, 0.2) is 0 Å². The van der Waals surface area contributed by atoms with E-state index in [2.05, 4.69) is 9.97 Å². The summed E-state index contributed by atoms with van der Waals surface area (Å²) in [5.74, 6) is -0.186. The Morgan fingerprint density at radius 3 is 2.69 bits per heavy atom. The maximum atomic E-state index is 10.8. The van der Waals surface area contributed by atoms with E-state index in [1.807, 2.05) is 26.8 Å². The van der Waals surface area contributed by atoms with Crippen LogP contribution in [0.1, 0.15) is 26.5 Å². The van der Waals surface area contributed by atoms with Gasteiger partial charge in [-0.3, -0.25) is 4.79 Å². The third kappa shape index (κ3) is 3.18. The Hall–Kier alpha value is -1.65. The van der Waals surface area contributed by atoms with Crippen molar-refractivity contribution in [3.8, 4) is 0 Å². The summed E-state index contributed by atoms with van der Waals surface area (Å²) in [4.78, 5) is 20.7. The van der Waals surface area contributed by atoms with Crippen LogP contribution in [0.15, 0.2) is 12.4 Å². The Balaban J connectivity index is 2.95. The molecule has 0 saturated carbocycles. The Bertz CT molecular complexity index is 366. The molecule has 0 atom stereocenters. The molecule has 16 heavy (non-hydrogen) atoms. The number of aryl methyl sites for hydroxylation is 1. The smallest absolute Gasteiger partial charge is 0.323 e. The highest BCUT2D eigenvalue weighted by molar-refractivity contribution is 5.73. The molecule has 1 aromatic heterocycles. The number of hydrogen-bond donors (Lipinski definition) is 1. The fourth-order valence-electron chi connectivity index (χ4n) is 1.41. The van der Waals surface area contributed by atoms with Crippen LogP contribution >= 0.6 is 0 Å². The summed E-state index contributed by atoms with van der Waals surface area (Å²) in [5.41, 5.74) is 0.918. The van der Waals surface area contributed by atoms with Crippen LogP contribution in [0.5, 0.6) is 0 Å². The first-order valence-corrected chi connectivity index (χ1v) is 5.34. The molecule has 0 amide bonds. The number of aromatic nitrogens is 2. The third-order valence-electron chi connectivity index (χ3n) is 2.29. The van der Waals surface area contributed by atoms with Crippen molar-refractivity contribution in [1.29, 1.82) is 0 Å². The van der Waals surface area contributed by atoms with E-state index >= 15 is 0 Å². The summed E-state index contributed by atoms with van der Waals surface area (Å²) in [6, 6.07) is 1.93. The van der Waals surface area contributed by atoms with E-state index in [-0.39, 0.29) is 12.6 Å². The second-order valence-corrected chi connectivity index (χ2v) is 3.84. The molecule has 5 nitrogen and oxygen atoms in total. The standard InChI is InChI=1S/C11H17N3O2/c1-4-9-5-10(13-7-12-9)14(8(2)3)6-11(15)16/h5,7-8H,4,6H2,1-3H3,(H,15,16). The molecular formula is C11H17N3O2. The van der Waals surface area contributed by atoms with Crippen LogP contribution in [0.25, 0.3) is 0 Å². The second kappa shape index (κ2) is 5.44. The number of anilines is 1. The van der Waals surface area contributed by atoms with E-state index < -0.39 is 5.97 Å². The summed E-state index contributed by atoms with van der Waals surface area (Å²) < 4.78 is 0. The van der Waals surface area contributed by atoms with Gasteiger partial charge in [-0.1, -0.05) is 6.92 Å². The van der Waals surface area contributed by atoms with Crippen LogP contribution in [0, 0.1) is 0 Å². The number of carboxylic acids is 1. The van der Waals surface area contributed by atoms with Gasteiger partial charge in [-0.2, -0.15) is 0 Å². The summed E-state index contributed by atoms with van der Waals surface area (Å²) in [7, 11) is 0. The molecule has 0 aliphatic heterocycles. The van der Waals surface area contributed by atoms with Gasteiger partial charge in [0, 0.05) is 17.8 Å². The van der Waals surface area contributed by atoms with E-state index in [1.165, 1.54) is 6.33 Å². The minimum atomic E-state index is -0.856. The topological polar surface area (TPSA) is 66.3 Å². The lowest BCUT2D eigenvalue weighted by Crippen LogP contribution is -2.36. The summed E-state index contributed by atoms with van der Waals surface area (Å²) in [5, 5.41) is 8.84. The maximum absolute atomic E-state index is 10.8. The van der Waals surface area contributed by atoms with Crippen LogP contribution in [0.3, 0.4) is 0 Å². The largest absolute Gasteiger partial charge is 0.480 e. The average Bonchev–Trinajstić information content (AvgIpc) is 2.25. The van der Waals surface area contributed by atoms with Gasteiger partial charge in [-0.05, 0) is 20.3 Å². The van der Waals surface area contributed by atoms with Crippen molar-refractivity contribution < 1.29 is 9.90 Å². The SMILES string of the molecule is CCc1cc(N(CC(=O)O)C(C)C)ncn1. The lowest BCUT2D eigenvalue weighted by atomic mass is 10.2. The van der Waals surface area contributed by atoms with Crippen molar-refractivity contribution in [2.75, 3.05) is 11.4 Å². The Labute approximate surface area is 95.1 Å². The number of rotatable bonds is 5.